The van der Waals surface area contributed by atoms with Gasteiger partial charge in [0.25, 0.3) is 0 Å². The number of fused-ring (bicyclic) bond motifs is 12. The lowest BCUT2D eigenvalue weighted by atomic mass is 9.82. The van der Waals surface area contributed by atoms with Crippen LogP contribution in [0.1, 0.15) is 25.0 Å². The van der Waals surface area contributed by atoms with Crippen LogP contribution in [-0.4, -0.2) is 0 Å². The third-order valence-corrected chi connectivity index (χ3v) is 12.7. The molecule has 0 fully saturated rings. The number of hydrogen-bond donors (Lipinski definition) is 0. The smallest absolute Gasteiger partial charge is 0.143 e. The van der Waals surface area contributed by atoms with Crippen molar-refractivity contribution in [2.75, 3.05) is 0 Å². The Bertz CT molecular complexity index is 3370. The maximum absolute atomic E-state index is 6.97. The lowest BCUT2D eigenvalue weighted by Crippen LogP contribution is -2.14. The van der Waals surface area contributed by atoms with Gasteiger partial charge in [0.2, 0.25) is 0 Å². The highest BCUT2D eigenvalue weighted by atomic mass is 16.3. The average molecular weight is 713 g/mol. The summed E-state index contributed by atoms with van der Waals surface area (Å²) in [6.45, 7) is 4.66. The number of hydrogen-bond acceptors (Lipinski definition) is 1. The van der Waals surface area contributed by atoms with Gasteiger partial charge in [-0.1, -0.05) is 190 Å². The number of benzene rings is 10. The molecule has 0 radical (unpaired) electrons. The van der Waals surface area contributed by atoms with E-state index < -0.39 is 0 Å². The molecule has 1 aliphatic carbocycles. The number of furan rings is 1. The minimum absolute atomic E-state index is 0.0824. The van der Waals surface area contributed by atoms with Crippen molar-refractivity contribution in [2.24, 2.45) is 0 Å². The molecule has 0 saturated carbocycles. The lowest BCUT2D eigenvalue weighted by Gasteiger charge is -2.21. The van der Waals surface area contributed by atoms with E-state index >= 15 is 0 Å². The van der Waals surface area contributed by atoms with Gasteiger partial charge in [-0.25, -0.2) is 0 Å². The fraction of sp³-hybridized carbons (Fsp3) is 0.0545. The molecule has 0 spiro atoms. The first kappa shape index (κ1) is 31.4. The fourth-order valence-electron chi connectivity index (χ4n) is 10.1. The molecule has 1 heterocycles. The molecule has 1 aliphatic rings. The highest BCUT2D eigenvalue weighted by molar-refractivity contribution is 6.24. The summed E-state index contributed by atoms with van der Waals surface area (Å²) in [5, 5.41) is 12.2. The number of rotatable bonds is 3. The van der Waals surface area contributed by atoms with Crippen molar-refractivity contribution in [1.82, 2.24) is 0 Å². The Morgan fingerprint density at radius 1 is 0.321 bits per heavy atom. The van der Waals surface area contributed by atoms with Gasteiger partial charge in [-0.15, -0.1) is 0 Å². The monoisotopic (exact) mass is 712 g/mol. The van der Waals surface area contributed by atoms with Gasteiger partial charge in [0.05, 0.1) is 0 Å². The quantitative estimate of drug-likeness (QED) is 0.166. The molecule has 0 N–H and O–H groups in total. The van der Waals surface area contributed by atoms with Crippen molar-refractivity contribution < 1.29 is 4.42 Å². The first-order valence-corrected chi connectivity index (χ1v) is 19.6. The zero-order chi connectivity index (χ0) is 37.1. The first-order chi connectivity index (χ1) is 27.6. The second-order valence-corrected chi connectivity index (χ2v) is 15.9. The summed E-state index contributed by atoms with van der Waals surface area (Å²) in [5.41, 5.74) is 14.5. The summed E-state index contributed by atoms with van der Waals surface area (Å²) in [7, 11) is 0. The van der Waals surface area contributed by atoms with Crippen LogP contribution in [0, 0.1) is 0 Å². The minimum Gasteiger partial charge on any atom is -0.455 e. The Balaban J connectivity index is 1.06. The second kappa shape index (κ2) is 11.5. The van der Waals surface area contributed by atoms with Crippen molar-refractivity contribution in [2.45, 2.75) is 19.3 Å². The van der Waals surface area contributed by atoms with Crippen LogP contribution in [0.4, 0.5) is 0 Å². The van der Waals surface area contributed by atoms with Crippen LogP contribution in [0.5, 0.6) is 0 Å². The Morgan fingerprint density at radius 3 is 1.59 bits per heavy atom. The highest BCUT2D eigenvalue weighted by Crippen LogP contribution is 2.53. The maximum atomic E-state index is 6.97. The Hall–Kier alpha value is -6.96. The van der Waals surface area contributed by atoms with Crippen LogP contribution in [0.25, 0.3) is 110 Å². The summed E-state index contributed by atoms with van der Waals surface area (Å²) in [6, 6.07) is 67.1. The van der Waals surface area contributed by atoms with Gasteiger partial charge in [-0.05, 0) is 93.8 Å². The summed E-state index contributed by atoms with van der Waals surface area (Å²) < 4.78 is 6.97. The summed E-state index contributed by atoms with van der Waals surface area (Å²) in [6.07, 6.45) is 0. The van der Waals surface area contributed by atoms with E-state index in [9.17, 15) is 0 Å². The maximum Gasteiger partial charge on any atom is 0.143 e. The molecule has 12 rings (SSSR count). The van der Waals surface area contributed by atoms with Crippen molar-refractivity contribution in [3.8, 4) is 44.5 Å². The molecule has 0 aliphatic heterocycles. The van der Waals surface area contributed by atoms with E-state index in [2.05, 4.69) is 196 Å². The Kier molecular flexibility index (Phi) is 6.46. The van der Waals surface area contributed by atoms with E-state index in [1.165, 1.54) is 98.7 Å². The third kappa shape index (κ3) is 4.26. The van der Waals surface area contributed by atoms with Crippen molar-refractivity contribution in [3.63, 3.8) is 0 Å². The SMILES string of the molecule is CC1(C)c2ccccc2-c2c1ccc1c2oc2c3ccccc3c(-c3ccc(-c4c5ccccc5c(-c5cccc6ccccc56)c5ccccc45)cc3)cc12. The standard InChI is InChI=1S/C55H36O/c1-55(2)48-25-12-11-23-45(48)52-49(55)31-30-44-47-32-46(37-17-5-10-22-43(37)53(47)56-54(44)52)34-26-28-35(29-27-34)50-39-18-6-8-20-41(39)51(42-21-9-7-19-40(42)50)38-24-13-15-33-14-3-4-16-36(33)38/h3-32H,1-2H3. The minimum atomic E-state index is -0.0824. The topological polar surface area (TPSA) is 13.1 Å². The molecule has 1 nitrogen and oxygen atoms in total. The molecule has 0 unspecified atom stereocenters. The van der Waals surface area contributed by atoms with Crippen LogP contribution in [0.2, 0.25) is 0 Å². The van der Waals surface area contributed by atoms with Gasteiger partial charge < -0.3 is 4.42 Å². The van der Waals surface area contributed by atoms with Crippen LogP contribution < -0.4 is 0 Å². The van der Waals surface area contributed by atoms with Gasteiger partial charge in [0, 0.05) is 27.1 Å². The Labute approximate surface area is 325 Å². The van der Waals surface area contributed by atoms with E-state index in [0.29, 0.717) is 0 Å². The normalized spacial score (nSPS) is 13.3. The van der Waals surface area contributed by atoms with E-state index in [0.717, 1.165) is 21.9 Å². The van der Waals surface area contributed by atoms with E-state index in [-0.39, 0.29) is 5.41 Å². The lowest BCUT2D eigenvalue weighted by molar-refractivity contribution is 0.654. The van der Waals surface area contributed by atoms with Crippen molar-refractivity contribution in [3.05, 3.63) is 193 Å². The third-order valence-electron chi connectivity index (χ3n) is 12.7. The van der Waals surface area contributed by atoms with Gasteiger partial charge in [-0.2, -0.15) is 0 Å². The van der Waals surface area contributed by atoms with Crippen LogP contribution in [0.15, 0.2) is 186 Å². The van der Waals surface area contributed by atoms with Gasteiger partial charge in [-0.3, -0.25) is 0 Å². The molecular weight excluding hydrogens is 677 g/mol. The average Bonchev–Trinajstić information content (AvgIpc) is 3.74. The highest BCUT2D eigenvalue weighted by Gasteiger charge is 2.37. The van der Waals surface area contributed by atoms with Crippen LogP contribution in [-0.2, 0) is 5.41 Å². The van der Waals surface area contributed by atoms with E-state index in [4.69, 9.17) is 4.42 Å². The molecule has 262 valence electrons. The summed E-state index contributed by atoms with van der Waals surface area (Å²) in [4.78, 5) is 0. The molecule has 11 aromatic rings. The predicted octanol–water partition coefficient (Wildman–Crippen LogP) is 15.5. The van der Waals surface area contributed by atoms with Crippen LogP contribution >= 0.6 is 0 Å². The van der Waals surface area contributed by atoms with Gasteiger partial charge >= 0.3 is 0 Å². The zero-order valence-electron chi connectivity index (χ0n) is 31.2. The second-order valence-electron chi connectivity index (χ2n) is 15.9. The molecule has 0 atom stereocenters. The zero-order valence-corrected chi connectivity index (χ0v) is 31.2. The largest absolute Gasteiger partial charge is 0.455 e. The first-order valence-electron chi connectivity index (χ1n) is 19.6. The molecule has 0 bridgehead atoms. The molecule has 10 aromatic carbocycles. The van der Waals surface area contributed by atoms with Crippen LogP contribution in [0.3, 0.4) is 0 Å². The Morgan fingerprint density at radius 2 is 0.857 bits per heavy atom. The van der Waals surface area contributed by atoms with E-state index in [1.54, 1.807) is 0 Å². The predicted molar refractivity (Wildman–Crippen MR) is 238 cm³/mol. The molecular formula is C55H36O. The van der Waals surface area contributed by atoms with E-state index in [1.807, 2.05) is 0 Å². The van der Waals surface area contributed by atoms with Crippen molar-refractivity contribution >= 4 is 65.0 Å². The molecule has 0 saturated heterocycles. The molecule has 56 heavy (non-hydrogen) atoms. The molecule has 1 aromatic heterocycles. The van der Waals surface area contributed by atoms with Crippen molar-refractivity contribution in [1.29, 1.82) is 0 Å². The molecule has 1 heteroatoms. The summed E-state index contributed by atoms with van der Waals surface area (Å²) in [5.74, 6) is 0. The van der Waals surface area contributed by atoms with Gasteiger partial charge in [0.1, 0.15) is 11.2 Å². The summed E-state index contributed by atoms with van der Waals surface area (Å²) >= 11 is 0. The fourth-order valence-corrected chi connectivity index (χ4v) is 10.1. The van der Waals surface area contributed by atoms with Gasteiger partial charge in [0.15, 0.2) is 0 Å². The molecule has 0 amide bonds.